The van der Waals surface area contributed by atoms with Crippen molar-refractivity contribution < 1.29 is 4.79 Å². The summed E-state index contributed by atoms with van der Waals surface area (Å²) in [4.78, 5) is 32.0. The van der Waals surface area contributed by atoms with Gasteiger partial charge in [0.1, 0.15) is 0 Å². The number of aromatic nitrogens is 2. The maximum Gasteiger partial charge on any atom is 0.262 e. The fraction of sp³-hybridized carbons (Fsp3) is 0.450. The number of nitrogens with zero attached hydrogens (tertiary/aromatic N) is 3. The summed E-state index contributed by atoms with van der Waals surface area (Å²) in [6, 6.07) is 5.07. The highest BCUT2D eigenvalue weighted by molar-refractivity contribution is 7.99. The van der Waals surface area contributed by atoms with Crippen LogP contribution in [0.1, 0.15) is 20.3 Å². The molecule has 1 saturated heterocycles. The van der Waals surface area contributed by atoms with Crippen LogP contribution >= 0.6 is 23.4 Å². The lowest BCUT2D eigenvalue weighted by molar-refractivity contribution is -0.130. The Bertz CT molecular complexity index is 917. The summed E-state index contributed by atoms with van der Waals surface area (Å²) in [5.41, 5.74) is 0.414. The number of halogens is 1. The van der Waals surface area contributed by atoms with E-state index in [9.17, 15) is 9.59 Å². The summed E-state index contributed by atoms with van der Waals surface area (Å²) in [6.45, 7) is 10.0. The Morgan fingerprint density at radius 2 is 2.07 bits per heavy atom. The fourth-order valence-corrected chi connectivity index (χ4v) is 4.74. The van der Waals surface area contributed by atoms with Crippen molar-refractivity contribution in [2.24, 2.45) is 11.8 Å². The number of rotatable bonds is 5. The Kier molecular flexibility index (Phi) is 6.27. The molecule has 2 aromatic rings. The van der Waals surface area contributed by atoms with Crippen LogP contribution in [0.2, 0.25) is 5.02 Å². The minimum Gasteiger partial charge on any atom is -0.341 e. The van der Waals surface area contributed by atoms with E-state index < -0.39 is 0 Å². The summed E-state index contributed by atoms with van der Waals surface area (Å²) < 4.78 is 1.55. The molecule has 1 fully saturated rings. The van der Waals surface area contributed by atoms with E-state index >= 15 is 0 Å². The van der Waals surface area contributed by atoms with Gasteiger partial charge in [0, 0.05) is 24.7 Å². The molecule has 0 radical (unpaired) electrons. The first-order valence-corrected chi connectivity index (χ1v) is 10.5. The molecule has 2 atom stereocenters. The number of hydrogen-bond acceptors (Lipinski definition) is 4. The van der Waals surface area contributed by atoms with Crippen LogP contribution in [0, 0.1) is 11.8 Å². The molecule has 1 aliphatic heterocycles. The number of allylic oxidation sites excluding steroid dienone is 1. The van der Waals surface area contributed by atoms with Gasteiger partial charge in [0.25, 0.3) is 5.56 Å². The Hall–Kier alpha value is -1.79. The molecule has 0 spiro atoms. The maximum absolute atomic E-state index is 12.8. The second-order valence-electron chi connectivity index (χ2n) is 7.29. The van der Waals surface area contributed by atoms with Gasteiger partial charge >= 0.3 is 0 Å². The van der Waals surface area contributed by atoms with E-state index in [1.54, 1.807) is 28.8 Å². The number of piperidine rings is 1. The van der Waals surface area contributed by atoms with E-state index in [1.165, 1.54) is 11.8 Å². The molecule has 0 N–H and O–H groups in total. The van der Waals surface area contributed by atoms with E-state index in [1.807, 2.05) is 4.90 Å². The first kappa shape index (κ1) is 20.0. The molecule has 0 unspecified atom stereocenters. The topological polar surface area (TPSA) is 55.2 Å². The highest BCUT2D eigenvalue weighted by Crippen LogP contribution is 2.24. The quantitative estimate of drug-likeness (QED) is 0.431. The van der Waals surface area contributed by atoms with Crippen molar-refractivity contribution in [1.29, 1.82) is 0 Å². The lowest BCUT2D eigenvalue weighted by Gasteiger charge is -2.35. The smallest absolute Gasteiger partial charge is 0.262 e. The zero-order chi connectivity index (χ0) is 19.6. The molecule has 0 saturated carbocycles. The van der Waals surface area contributed by atoms with E-state index in [2.05, 4.69) is 25.4 Å². The fourth-order valence-electron chi connectivity index (χ4n) is 3.66. The third kappa shape index (κ3) is 4.55. The predicted molar refractivity (Wildman–Crippen MR) is 111 cm³/mol. The average molecular weight is 406 g/mol. The average Bonchev–Trinajstić information content (AvgIpc) is 2.62. The van der Waals surface area contributed by atoms with Crippen LogP contribution in [0.3, 0.4) is 0 Å². The zero-order valence-electron chi connectivity index (χ0n) is 15.7. The van der Waals surface area contributed by atoms with Crippen molar-refractivity contribution in [1.82, 2.24) is 14.5 Å². The Morgan fingerprint density at radius 3 is 2.74 bits per heavy atom. The van der Waals surface area contributed by atoms with Gasteiger partial charge in [-0.2, -0.15) is 0 Å². The molecule has 2 heterocycles. The molecular formula is C20H24ClN3O2S. The van der Waals surface area contributed by atoms with E-state index in [4.69, 9.17) is 11.6 Å². The summed E-state index contributed by atoms with van der Waals surface area (Å²) in [5.74, 6) is 1.40. The van der Waals surface area contributed by atoms with Crippen LogP contribution in [-0.4, -0.2) is 39.2 Å². The molecule has 1 aromatic carbocycles. The SMILES string of the molecule is C=CCn1c(SCC(=O)N2C[C@@H](C)C[C@H](C)C2)nc2ccc(Cl)cc2c1=O. The maximum atomic E-state index is 12.8. The third-order valence-electron chi connectivity index (χ3n) is 4.74. The lowest BCUT2D eigenvalue weighted by Crippen LogP contribution is -2.43. The number of carbonyl (C=O) groups excluding carboxylic acids is 1. The van der Waals surface area contributed by atoms with Gasteiger partial charge in [0.2, 0.25) is 5.91 Å². The highest BCUT2D eigenvalue weighted by Gasteiger charge is 2.25. The Morgan fingerprint density at radius 1 is 1.37 bits per heavy atom. The van der Waals surface area contributed by atoms with Crippen molar-refractivity contribution in [3.05, 3.63) is 46.2 Å². The van der Waals surface area contributed by atoms with Crippen LogP contribution in [-0.2, 0) is 11.3 Å². The van der Waals surface area contributed by atoms with Crippen LogP contribution < -0.4 is 5.56 Å². The molecule has 1 aromatic heterocycles. The minimum atomic E-state index is -0.169. The van der Waals surface area contributed by atoms with E-state index in [0.29, 0.717) is 39.5 Å². The van der Waals surface area contributed by atoms with Gasteiger partial charge in [0.05, 0.1) is 16.7 Å². The summed E-state index contributed by atoms with van der Waals surface area (Å²) in [6.07, 6.45) is 2.81. The third-order valence-corrected chi connectivity index (χ3v) is 5.94. The Labute approximate surface area is 168 Å². The highest BCUT2D eigenvalue weighted by atomic mass is 35.5. The lowest BCUT2D eigenvalue weighted by atomic mass is 9.92. The molecule has 1 amide bonds. The normalized spacial score (nSPS) is 20.0. The van der Waals surface area contributed by atoms with Gasteiger partial charge in [0.15, 0.2) is 5.16 Å². The first-order chi connectivity index (χ1) is 12.9. The van der Waals surface area contributed by atoms with Crippen molar-refractivity contribution in [3.63, 3.8) is 0 Å². The van der Waals surface area contributed by atoms with Crippen LogP contribution in [0.4, 0.5) is 0 Å². The standard InChI is InChI=1S/C20H24ClN3O2S/c1-4-7-24-19(26)16-9-15(21)5-6-17(16)22-20(24)27-12-18(25)23-10-13(2)8-14(3)11-23/h4-6,9,13-14H,1,7-8,10-12H2,2-3H3/t13-,14-/m0/s1. The second-order valence-corrected chi connectivity index (χ2v) is 8.67. The van der Waals surface area contributed by atoms with Gasteiger partial charge < -0.3 is 4.90 Å². The van der Waals surface area contributed by atoms with Crippen LogP contribution in [0.25, 0.3) is 10.9 Å². The van der Waals surface area contributed by atoms with Gasteiger partial charge in [-0.25, -0.2) is 4.98 Å². The number of hydrogen-bond donors (Lipinski definition) is 0. The summed E-state index contributed by atoms with van der Waals surface area (Å²) >= 11 is 7.32. The number of amides is 1. The molecule has 1 aliphatic rings. The monoisotopic (exact) mass is 405 g/mol. The summed E-state index contributed by atoms with van der Waals surface area (Å²) in [7, 11) is 0. The number of carbonyl (C=O) groups is 1. The molecule has 5 nitrogen and oxygen atoms in total. The second kappa shape index (κ2) is 8.48. The molecule has 0 bridgehead atoms. The number of thioether (sulfide) groups is 1. The van der Waals surface area contributed by atoms with Crippen molar-refractivity contribution >= 4 is 40.2 Å². The number of likely N-dealkylation sites (tertiary alicyclic amines) is 1. The minimum absolute atomic E-state index is 0.0917. The van der Waals surface area contributed by atoms with E-state index in [-0.39, 0.29) is 17.2 Å². The number of benzene rings is 1. The zero-order valence-corrected chi connectivity index (χ0v) is 17.2. The first-order valence-electron chi connectivity index (χ1n) is 9.10. The Balaban J connectivity index is 1.84. The van der Waals surface area contributed by atoms with Crippen molar-refractivity contribution in [2.45, 2.75) is 32.0 Å². The molecule has 0 aliphatic carbocycles. The van der Waals surface area contributed by atoms with Gasteiger partial charge in [-0.1, -0.05) is 43.3 Å². The molecule has 27 heavy (non-hydrogen) atoms. The predicted octanol–water partition coefficient (Wildman–Crippen LogP) is 3.83. The van der Waals surface area contributed by atoms with Crippen LogP contribution in [0.5, 0.6) is 0 Å². The van der Waals surface area contributed by atoms with Crippen molar-refractivity contribution in [2.75, 3.05) is 18.8 Å². The summed E-state index contributed by atoms with van der Waals surface area (Å²) in [5, 5.41) is 1.50. The molecular weight excluding hydrogens is 382 g/mol. The van der Waals surface area contributed by atoms with Crippen LogP contribution in [0.15, 0.2) is 40.8 Å². The molecule has 7 heteroatoms. The van der Waals surface area contributed by atoms with Gasteiger partial charge in [-0.15, -0.1) is 6.58 Å². The molecule has 144 valence electrons. The number of fused-ring (bicyclic) bond motifs is 1. The van der Waals surface area contributed by atoms with E-state index in [0.717, 1.165) is 19.5 Å². The van der Waals surface area contributed by atoms with Gasteiger partial charge in [-0.05, 0) is 36.5 Å². The van der Waals surface area contributed by atoms with Gasteiger partial charge in [-0.3, -0.25) is 14.2 Å². The molecule has 3 rings (SSSR count). The van der Waals surface area contributed by atoms with Crippen molar-refractivity contribution in [3.8, 4) is 0 Å². The largest absolute Gasteiger partial charge is 0.341 e.